The second-order valence-electron chi connectivity index (χ2n) is 3.36. The molecule has 1 aromatic carbocycles. The molecule has 6 heteroatoms. The van der Waals surface area contributed by atoms with Crippen LogP contribution in [0.15, 0.2) is 24.4 Å². The first kappa shape index (κ1) is 11.7. The number of aromatic nitrogens is 3. The molecule has 0 bridgehead atoms. The maximum atomic E-state index is 5.68. The zero-order valence-corrected chi connectivity index (χ0v) is 10.3. The molecule has 1 aromatic heterocycles. The van der Waals surface area contributed by atoms with Crippen LogP contribution >= 0.6 is 11.6 Å². The van der Waals surface area contributed by atoms with Gasteiger partial charge in [0.2, 0.25) is 0 Å². The molecule has 1 heterocycles. The van der Waals surface area contributed by atoms with Crippen molar-refractivity contribution < 1.29 is 9.47 Å². The van der Waals surface area contributed by atoms with Crippen LogP contribution in [0.2, 0.25) is 0 Å². The highest BCUT2D eigenvalue weighted by molar-refractivity contribution is 6.16. The molecular formula is C11H12ClN3O2. The first-order valence-corrected chi connectivity index (χ1v) is 5.51. The number of ether oxygens (including phenoxy) is 2. The maximum absolute atomic E-state index is 5.68. The summed E-state index contributed by atoms with van der Waals surface area (Å²) in [6.07, 6.45) is 1.77. The second-order valence-corrected chi connectivity index (χ2v) is 3.63. The third kappa shape index (κ3) is 2.50. The fourth-order valence-corrected chi connectivity index (χ4v) is 1.53. The van der Waals surface area contributed by atoms with Gasteiger partial charge in [-0.15, -0.1) is 16.7 Å². The monoisotopic (exact) mass is 253 g/mol. The predicted molar refractivity (Wildman–Crippen MR) is 64.0 cm³/mol. The van der Waals surface area contributed by atoms with Crippen molar-refractivity contribution in [1.29, 1.82) is 0 Å². The van der Waals surface area contributed by atoms with Gasteiger partial charge in [-0.3, -0.25) is 0 Å². The first-order chi connectivity index (χ1) is 8.26. The Hall–Kier alpha value is -1.75. The van der Waals surface area contributed by atoms with Gasteiger partial charge in [-0.25, -0.2) is 4.68 Å². The number of alkyl halides is 1. The Bertz CT molecular complexity index is 491. The topological polar surface area (TPSA) is 49.2 Å². The molecule has 0 spiro atoms. The fourth-order valence-electron chi connectivity index (χ4n) is 1.41. The molecule has 0 unspecified atom stereocenters. The summed E-state index contributed by atoms with van der Waals surface area (Å²) < 4.78 is 12.0. The molecule has 90 valence electrons. The summed E-state index contributed by atoms with van der Waals surface area (Å²) in [7, 11) is 3.20. The van der Waals surface area contributed by atoms with Crippen LogP contribution in [0.4, 0.5) is 0 Å². The van der Waals surface area contributed by atoms with Gasteiger partial charge in [0.05, 0.1) is 37.7 Å². The van der Waals surface area contributed by atoms with E-state index < -0.39 is 0 Å². The lowest BCUT2D eigenvalue weighted by Crippen LogP contribution is -1.97. The summed E-state index contributed by atoms with van der Waals surface area (Å²) in [5, 5.41) is 7.90. The van der Waals surface area contributed by atoms with Crippen LogP contribution in [-0.2, 0) is 5.88 Å². The van der Waals surface area contributed by atoms with Crippen molar-refractivity contribution in [3.63, 3.8) is 0 Å². The van der Waals surface area contributed by atoms with Gasteiger partial charge in [0.15, 0.2) is 0 Å². The van der Waals surface area contributed by atoms with Crippen molar-refractivity contribution in [2.75, 3.05) is 14.2 Å². The molecule has 0 N–H and O–H groups in total. The minimum atomic E-state index is 0.334. The van der Waals surface area contributed by atoms with Crippen LogP contribution in [0.1, 0.15) is 5.69 Å². The molecule has 5 nitrogen and oxygen atoms in total. The van der Waals surface area contributed by atoms with Crippen LogP contribution in [0.3, 0.4) is 0 Å². The van der Waals surface area contributed by atoms with E-state index in [9.17, 15) is 0 Å². The Balaban J connectivity index is 2.43. The lowest BCUT2D eigenvalue weighted by Gasteiger charge is -2.07. The second kappa shape index (κ2) is 5.05. The van der Waals surface area contributed by atoms with E-state index in [1.807, 2.05) is 12.1 Å². The highest BCUT2D eigenvalue weighted by atomic mass is 35.5. The van der Waals surface area contributed by atoms with Crippen molar-refractivity contribution in [2.45, 2.75) is 5.88 Å². The highest BCUT2D eigenvalue weighted by Gasteiger charge is 2.06. The molecule has 0 aliphatic heterocycles. The van der Waals surface area contributed by atoms with Gasteiger partial charge in [0.25, 0.3) is 0 Å². The van der Waals surface area contributed by atoms with Crippen LogP contribution < -0.4 is 9.47 Å². The molecule has 0 saturated heterocycles. The lowest BCUT2D eigenvalue weighted by molar-refractivity contribution is 0.394. The first-order valence-electron chi connectivity index (χ1n) is 4.97. The minimum Gasteiger partial charge on any atom is -0.497 e. The Labute approximate surface area is 104 Å². The van der Waals surface area contributed by atoms with Crippen LogP contribution in [0, 0.1) is 0 Å². The van der Waals surface area contributed by atoms with E-state index in [1.54, 1.807) is 31.2 Å². The summed E-state index contributed by atoms with van der Waals surface area (Å²) in [6, 6.07) is 5.48. The van der Waals surface area contributed by atoms with E-state index in [-0.39, 0.29) is 0 Å². The summed E-state index contributed by atoms with van der Waals surface area (Å²) >= 11 is 5.68. The fraction of sp³-hybridized carbons (Fsp3) is 0.273. The van der Waals surface area contributed by atoms with Crippen molar-refractivity contribution in [3.8, 4) is 17.2 Å². The average molecular weight is 254 g/mol. The maximum Gasteiger partial charge on any atom is 0.124 e. The number of nitrogens with zero attached hydrogens (tertiary/aromatic N) is 3. The Morgan fingerprint density at radius 2 is 1.82 bits per heavy atom. The molecule has 17 heavy (non-hydrogen) atoms. The van der Waals surface area contributed by atoms with Gasteiger partial charge in [0, 0.05) is 18.2 Å². The van der Waals surface area contributed by atoms with Crippen LogP contribution in [0.5, 0.6) is 11.5 Å². The van der Waals surface area contributed by atoms with Gasteiger partial charge in [-0.1, -0.05) is 5.21 Å². The largest absolute Gasteiger partial charge is 0.497 e. The molecular weight excluding hydrogens is 242 g/mol. The SMILES string of the molecule is COc1cc(OC)cc(-n2cc(CCl)nn2)c1. The summed E-state index contributed by atoms with van der Waals surface area (Å²) in [5.41, 5.74) is 1.53. The van der Waals surface area contributed by atoms with Crippen molar-refractivity contribution in [1.82, 2.24) is 15.0 Å². The quantitative estimate of drug-likeness (QED) is 0.783. The standard InChI is InChI=1S/C11H12ClN3O2/c1-16-10-3-9(4-11(5-10)17-2)15-7-8(6-12)13-14-15/h3-5,7H,6H2,1-2H3. The lowest BCUT2D eigenvalue weighted by atomic mass is 10.3. The molecule has 2 rings (SSSR count). The minimum absolute atomic E-state index is 0.334. The zero-order chi connectivity index (χ0) is 12.3. The number of halogens is 1. The normalized spacial score (nSPS) is 10.3. The van der Waals surface area contributed by atoms with E-state index in [1.165, 1.54) is 0 Å². The average Bonchev–Trinajstić information content (AvgIpc) is 2.86. The van der Waals surface area contributed by atoms with Crippen molar-refractivity contribution in [2.24, 2.45) is 0 Å². The van der Waals surface area contributed by atoms with E-state index in [4.69, 9.17) is 21.1 Å². The summed E-state index contributed by atoms with van der Waals surface area (Å²) in [5.74, 6) is 1.73. The van der Waals surface area contributed by atoms with Gasteiger partial charge < -0.3 is 9.47 Å². The third-order valence-corrected chi connectivity index (χ3v) is 2.55. The van der Waals surface area contributed by atoms with Crippen molar-refractivity contribution in [3.05, 3.63) is 30.1 Å². The summed E-state index contributed by atoms with van der Waals surface area (Å²) in [4.78, 5) is 0. The number of benzene rings is 1. The smallest absolute Gasteiger partial charge is 0.124 e. The highest BCUT2D eigenvalue weighted by Crippen LogP contribution is 2.24. The molecule has 0 amide bonds. The number of hydrogen-bond acceptors (Lipinski definition) is 4. The molecule has 2 aromatic rings. The van der Waals surface area contributed by atoms with Gasteiger partial charge in [0.1, 0.15) is 11.5 Å². The number of rotatable bonds is 4. The molecule has 0 radical (unpaired) electrons. The zero-order valence-electron chi connectivity index (χ0n) is 9.55. The van der Waals surface area contributed by atoms with E-state index in [2.05, 4.69) is 10.3 Å². The van der Waals surface area contributed by atoms with Gasteiger partial charge in [-0.2, -0.15) is 0 Å². The van der Waals surface area contributed by atoms with Gasteiger partial charge in [-0.05, 0) is 0 Å². The molecule has 0 aliphatic rings. The van der Waals surface area contributed by atoms with Crippen LogP contribution in [0.25, 0.3) is 5.69 Å². The molecule has 0 atom stereocenters. The van der Waals surface area contributed by atoms with E-state index in [0.717, 1.165) is 5.69 Å². The summed E-state index contributed by atoms with van der Waals surface area (Å²) in [6.45, 7) is 0. The number of hydrogen-bond donors (Lipinski definition) is 0. The Morgan fingerprint density at radius 3 is 2.29 bits per heavy atom. The van der Waals surface area contributed by atoms with Crippen LogP contribution in [-0.4, -0.2) is 29.2 Å². The van der Waals surface area contributed by atoms with Crippen molar-refractivity contribution >= 4 is 11.6 Å². The van der Waals surface area contributed by atoms with E-state index >= 15 is 0 Å². The predicted octanol–water partition coefficient (Wildman–Crippen LogP) is 2.02. The molecule has 0 fully saturated rings. The Morgan fingerprint density at radius 1 is 1.18 bits per heavy atom. The number of methoxy groups -OCH3 is 2. The third-order valence-electron chi connectivity index (χ3n) is 2.28. The molecule has 0 aliphatic carbocycles. The Kier molecular flexibility index (Phi) is 3.49. The molecule has 0 saturated carbocycles. The van der Waals surface area contributed by atoms with Gasteiger partial charge >= 0.3 is 0 Å². The van der Waals surface area contributed by atoms with E-state index in [0.29, 0.717) is 23.1 Å².